The second-order valence-electron chi connectivity index (χ2n) is 5.55. The van der Waals surface area contributed by atoms with Gasteiger partial charge in [-0.15, -0.1) is 0 Å². The van der Waals surface area contributed by atoms with Crippen LogP contribution in [0.1, 0.15) is 6.42 Å². The molecule has 0 saturated heterocycles. The molecule has 14 nitrogen and oxygen atoms in total. The van der Waals surface area contributed by atoms with Gasteiger partial charge in [0.1, 0.15) is 11.4 Å². The predicted molar refractivity (Wildman–Crippen MR) is 85.2 cm³/mol. The Kier molecular flexibility index (Phi) is 5.89. The van der Waals surface area contributed by atoms with E-state index in [1.54, 1.807) is 0 Å². The maximum atomic E-state index is 12.4. The molecule has 2 heterocycles. The summed E-state index contributed by atoms with van der Waals surface area (Å²) in [5.41, 5.74) is -5.40. The summed E-state index contributed by atoms with van der Waals surface area (Å²) in [5, 5.41) is 37.4. The topological polar surface area (TPSA) is 236 Å². The van der Waals surface area contributed by atoms with E-state index in [4.69, 9.17) is 10.2 Å². The first kappa shape index (κ1) is 21.5. The first-order valence-electron chi connectivity index (χ1n) is 7.04. The predicted octanol–water partition coefficient (Wildman–Crippen LogP) is -3.41. The highest BCUT2D eigenvalue weighted by molar-refractivity contribution is 5.89. The van der Waals surface area contributed by atoms with Gasteiger partial charge < -0.3 is 30.9 Å². The Balaban J connectivity index is 0.00000364. The van der Waals surface area contributed by atoms with Crippen LogP contribution in [0.3, 0.4) is 0 Å². The zero-order chi connectivity index (χ0) is 19.8. The average Bonchev–Trinajstić information content (AvgIpc) is 3.01. The van der Waals surface area contributed by atoms with E-state index in [1.165, 1.54) is 7.05 Å². The molecule has 0 amide bonds. The second kappa shape index (κ2) is 7.38. The fourth-order valence-electron chi connectivity index (χ4n) is 2.55. The molecule has 7 N–H and O–H groups in total. The number of aromatic nitrogens is 4. The fourth-order valence-corrected chi connectivity index (χ4v) is 2.55. The Hall–Kier alpha value is -3.52. The Morgan fingerprint density at radius 3 is 2.33 bits per heavy atom. The van der Waals surface area contributed by atoms with Gasteiger partial charge in [0.15, 0.2) is 11.2 Å². The molecule has 14 heteroatoms. The van der Waals surface area contributed by atoms with Gasteiger partial charge in [-0.05, 0) is 0 Å². The van der Waals surface area contributed by atoms with Crippen molar-refractivity contribution in [1.29, 1.82) is 0 Å². The van der Waals surface area contributed by atoms with Crippen LogP contribution in [0.25, 0.3) is 11.2 Å². The molecule has 27 heavy (non-hydrogen) atoms. The number of carbonyl (C=O) groups is 3. The number of fused-ring (bicyclic) bond motifs is 1. The van der Waals surface area contributed by atoms with E-state index in [2.05, 4.69) is 9.97 Å². The highest BCUT2D eigenvalue weighted by atomic mass is 16.4. The molecule has 0 aliphatic carbocycles. The monoisotopic (exact) mass is 388 g/mol. The van der Waals surface area contributed by atoms with Gasteiger partial charge in [0.2, 0.25) is 0 Å². The fraction of sp³-hybridized carbons (Fsp3) is 0.385. The zero-order valence-electron chi connectivity index (χ0n) is 13.7. The Morgan fingerprint density at radius 2 is 1.85 bits per heavy atom. The largest absolute Gasteiger partial charge is 0.481 e. The minimum absolute atomic E-state index is 0. The Bertz CT molecular complexity index is 1020. The van der Waals surface area contributed by atoms with Crippen LogP contribution in [0.5, 0.6) is 0 Å². The van der Waals surface area contributed by atoms with Crippen LogP contribution in [0, 0.1) is 5.92 Å². The van der Waals surface area contributed by atoms with Crippen molar-refractivity contribution >= 4 is 29.1 Å². The quantitative estimate of drug-likeness (QED) is 0.315. The number of hydrogen-bond acceptors (Lipinski definition) is 7. The Morgan fingerprint density at radius 1 is 1.26 bits per heavy atom. The molecule has 0 bridgehead atoms. The van der Waals surface area contributed by atoms with Crippen molar-refractivity contribution in [1.82, 2.24) is 19.1 Å². The average molecular weight is 388 g/mol. The molecule has 2 aromatic rings. The first-order valence-corrected chi connectivity index (χ1v) is 7.04. The molecule has 0 saturated carbocycles. The highest BCUT2D eigenvalue weighted by Crippen LogP contribution is 2.24. The van der Waals surface area contributed by atoms with E-state index in [-0.39, 0.29) is 16.6 Å². The molecule has 2 aromatic heterocycles. The number of aliphatic carboxylic acids is 3. The van der Waals surface area contributed by atoms with Gasteiger partial charge in [0.05, 0.1) is 12.7 Å². The lowest BCUT2D eigenvalue weighted by molar-refractivity contribution is -0.180. The van der Waals surface area contributed by atoms with E-state index in [0.717, 1.165) is 10.9 Å². The van der Waals surface area contributed by atoms with Crippen LogP contribution < -0.4 is 11.2 Å². The van der Waals surface area contributed by atoms with Crippen molar-refractivity contribution in [3.63, 3.8) is 0 Å². The number of rotatable bonds is 7. The standard InChI is InChI=1S/C13H14N4O9.H2O/c1-16-8-7(14-4-15-8)9(20)17(12(16)25)3-5(10(21)22)13(26,11(23)24)2-6(18)19;/h4-5,26H,2-3H2,1H3,(H,14,15)(H,18,19)(H,21,22)(H,23,24);1H2. The molecule has 0 spiro atoms. The maximum absolute atomic E-state index is 12.4. The number of nitrogens with zero attached hydrogens (tertiary/aromatic N) is 3. The normalized spacial score (nSPS) is 14.1. The lowest BCUT2D eigenvalue weighted by atomic mass is 9.84. The zero-order valence-corrected chi connectivity index (χ0v) is 13.7. The summed E-state index contributed by atoms with van der Waals surface area (Å²) in [6.07, 6.45) is -0.316. The summed E-state index contributed by atoms with van der Waals surface area (Å²) < 4.78 is 1.32. The molecule has 0 fully saturated rings. The molecule has 0 aliphatic rings. The molecule has 0 aromatic carbocycles. The summed E-state index contributed by atoms with van der Waals surface area (Å²) in [7, 11) is 1.25. The van der Waals surface area contributed by atoms with E-state index in [1.807, 2.05) is 0 Å². The van der Waals surface area contributed by atoms with Crippen LogP contribution in [0.15, 0.2) is 15.9 Å². The van der Waals surface area contributed by atoms with Gasteiger partial charge >= 0.3 is 23.6 Å². The van der Waals surface area contributed by atoms with E-state index >= 15 is 0 Å². The number of aromatic amines is 1. The number of H-pyrrole nitrogens is 1. The molecule has 2 rings (SSSR count). The number of imidazole rings is 1. The van der Waals surface area contributed by atoms with E-state index < -0.39 is 53.6 Å². The minimum atomic E-state index is -3.24. The number of hydrogen-bond donors (Lipinski definition) is 5. The first-order chi connectivity index (χ1) is 12.0. The van der Waals surface area contributed by atoms with Gasteiger partial charge in [-0.25, -0.2) is 14.6 Å². The number of carboxylic acid groups (broad SMARTS) is 3. The van der Waals surface area contributed by atoms with Crippen molar-refractivity contribution in [3.05, 3.63) is 27.2 Å². The van der Waals surface area contributed by atoms with E-state index in [9.17, 15) is 34.2 Å². The summed E-state index contributed by atoms with van der Waals surface area (Å²) >= 11 is 0. The summed E-state index contributed by atoms with van der Waals surface area (Å²) in [6, 6.07) is 0. The Labute approximate surface area is 148 Å². The van der Waals surface area contributed by atoms with Crippen molar-refractivity contribution in [2.24, 2.45) is 13.0 Å². The maximum Gasteiger partial charge on any atom is 0.337 e. The molecular formula is C13H16N4O10. The summed E-state index contributed by atoms with van der Waals surface area (Å²) in [6.45, 7) is -1.06. The molecule has 0 aliphatic heterocycles. The third-order valence-corrected chi connectivity index (χ3v) is 3.94. The number of carboxylic acids is 3. The van der Waals surface area contributed by atoms with Gasteiger partial charge in [-0.2, -0.15) is 0 Å². The molecule has 0 radical (unpaired) electrons. The van der Waals surface area contributed by atoms with Crippen LogP contribution in [0.4, 0.5) is 0 Å². The minimum Gasteiger partial charge on any atom is -0.481 e. The highest BCUT2D eigenvalue weighted by Gasteiger charge is 2.50. The van der Waals surface area contributed by atoms with Crippen molar-refractivity contribution in [3.8, 4) is 0 Å². The number of aryl methyl sites for hydroxylation is 1. The van der Waals surface area contributed by atoms with Crippen LogP contribution in [-0.4, -0.2) is 68.5 Å². The molecular weight excluding hydrogens is 372 g/mol. The molecule has 2 atom stereocenters. The van der Waals surface area contributed by atoms with Gasteiger partial charge in [-0.1, -0.05) is 0 Å². The number of nitrogens with one attached hydrogen (secondary N) is 1. The molecule has 148 valence electrons. The lowest BCUT2D eigenvalue weighted by Gasteiger charge is -2.28. The van der Waals surface area contributed by atoms with Crippen molar-refractivity contribution in [2.45, 2.75) is 18.6 Å². The third-order valence-electron chi connectivity index (χ3n) is 3.94. The van der Waals surface area contributed by atoms with Gasteiger partial charge in [0, 0.05) is 13.6 Å². The van der Waals surface area contributed by atoms with E-state index in [0.29, 0.717) is 4.57 Å². The molecule has 2 unspecified atom stereocenters. The van der Waals surface area contributed by atoms with Crippen molar-refractivity contribution < 1.29 is 40.3 Å². The second-order valence-corrected chi connectivity index (χ2v) is 5.55. The summed E-state index contributed by atoms with van der Waals surface area (Å²) in [4.78, 5) is 64.6. The third kappa shape index (κ3) is 3.56. The number of aliphatic hydroxyl groups is 1. The summed E-state index contributed by atoms with van der Waals surface area (Å²) in [5.74, 6) is -8.07. The van der Waals surface area contributed by atoms with Gasteiger partial charge in [-0.3, -0.25) is 23.5 Å². The van der Waals surface area contributed by atoms with Crippen LogP contribution >= 0.6 is 0 Å². The van der Waals surface area contributed by atoms with Crippen LogP contribution in [0.2, 0.25) is 0 Å². The lowest BCUT2D eigenvalue weighted by Crippen LogP contribution is -2.54. The SMILES string of the molecule is Cn1c(=O)n(CC(C(=O)O)C(O)(CC(=O)O)C(=O)O)c(=O)c2[nH]cnc21.O. The van der Waals surface area contributed by atoms with Crippen LogP contribution in [-0.2, 0) is 28.0 Å². The van der Waals surface area contributed by atoms with Gasteiger partial charge in [0.25, 0.3) is 5.56 Å². The van der Waals surface area contributed by atoms with Crippen molar-refractivity contribution in [2.75, 3.05) is 0 Å². The smallest absolute Gasteiger partial charge is 0.337 e.